The third-order valence-corrected chi connectivity index (χ3v) is 11.4. The molecule has 2 heterocycles. The maximum Gasteiger partial charge on any atom is 0.416 e. The van der Waals surface area contributed by atoms with Crippen LogP contribution in [0, 0.1) is 11.6 Å². The second-order valence-electron chi connectivity index (χ2n) is 12.4. The third kappa shape index (κ3) is 8.15. The van der Waals surface area contributed by atoms with Gasteiger partial charge in [-0.2, -0.15) is 13.2 Å². The first-order chi connectivity index (χ1) is 24.1. The first-order valence-electron chi connectivity index (χ1n) is 15.9. The summed E-state index contributed by atoms with van der Waals surface area (Å²) in [5.74, 6) is -2.00. The van der Waals surface area contributed by atoms with Crippen LogP contribution in [0.2, 0.25) is 5.02 Å². The summed E-state index contributed by atoms with van der Waals surface area (Å²) >= 11 is 6.29. The highest BCUT2D eigenvalue weighted by Gasteiger charge is 2.39. The number of hydrogen-bond donors (Lipinski definition) is 0. The van der Waals surface area contributed by atoms with Crippen molar-refractivity contribution in [2.45, 2.75) is 48.8 Å². The highest BCUT2D eigenvalue weighted by atomic mass is 35.5. The molecule has 16 heteroatoms. The third-order valence-electron chi connectivity index (χ3n) is 9.26. The summed E-state index contributed by atoms with van der Waals surface area (Å²) in [6.45, 7) is 0.293. The van der Waals surface area contributed by atoms with Gasteiger partial charge >= 0.3 is 6.18 Å². The number of piperidine rings is 1. The van der Waals surface area contributed by atoms with Crippen LogP contribution in [0.15, 0.2) is 72.0 Å². The van der Waals surface area contributed by atoms with Gasteiger partial charge in [0.2, 0.25) is 0 Å². The maximum absolute atomic E-state index is 16.1. The van der Waals surface area contributed by atoms with Gasteiger partial charge in [-0.25, -0.2) is 31.5 Å². The minimum Gasteiger partial charge on any atom is -0.497 e. The first kappa shape index (κ1) is 38.0. The lowest BCUT2D eigenvalue weighted by Crippen LogP contribution is -2.56. The predicted molar refractivity (Wildman–Crippen MR) is 184 cm³/mol. The number of hydrogen-bond acceptors (Lipinski definition) is 8. The molecule has 0 radical (unpaired) electrons. The number of sulfonamides is 1. The second-order valence-corrected chi connectivity index (χ2v) is 14.6. The summed E-state index contributed by atoms with van der Waals surface area (Å²) in [5.41, 5.74) is -0.560. The molecule has 1 fully saturated rings. The van der Waals surface area contributed by atoms with Crippen molar-refractivity contribution in [3.8, 4) is 11.5 Å². The van der Waals surface area contributed by atoms with Crippen molar-refractivity contribution < 1.29 is 39.8 Å². The zero-order chi connectivity index (χ0) is 37.1. The van der Waals surface area contributed by atoms with E-state index in [1.165, 1.54) is 32.5 Å². The monoisotopic (exact) mass is 753 g/mol. The standard InChI is InChI=1S/C35H37ClF5N5O4S/c1-44(2)34(13-10-23-16-25(35(39,40)41)7-9-28(23)36)12-5-15-45(21-34)26-17-29(37)33(30(38)18-26)51(47,48)46(32-11-14-42-22-43-32)20-24-6-8-27(49-3)19-31(24)50-4/h6-9,11,14,16-19,22H,5,10,12-13,15,20-21H2,1-4H3/t34-/m1/s1. The average Bonchev–Trinajstić information content (AvgIpc) is 3.09. The lowest BCUT2D eigenvalue weighted by atomic mass is 9.82. The molecule has 51 heavy (non-hydrogen) atoms. The molecule has 0 N–H and O–H groups in total. The Morgan fingerprint density at radius 1 is 0.980 bits per heavy atom. The largest absolute Gasteiger partial charge is 0.497 e. The van der Waals surface area contributed by atoms with E-state index in [9.17, 15) is 21.6 Å². The first-order valence-corrected chi connectivity index (χ1v) is 17.7. The van der Waals surface area contributed by atoms with Gasteiger partial charge in [0.05, 0.1) is 26.3 Å². The quantitative estimate of drug-likeness (QED) is 0.139. The Morgan fingerprint density at radius 3 is 2.31 bits per heavy atom. The fraction of sp³-hybridized carbons (Fsp3) is 0.371. The van der Waals surface area contributed by atoms with Gasteiger partial charge < -0.3 is 19.3 Å². The Hall–Kier alpha value is -4.21. The van der Waals surface area contributed by atoms with Crippen LogP contribution in [0.3, 0.4) is 0 Å². The lowest BCUT2D eigenvalue weighted by Gasteiger charge is -2.48. The van der Waals surface area contributed by atoms with E-state index in [0.29, 0.717) is 42.7 Å². The van der Waals surface area contributed by atoms with Gasteiger partial charge in [-0.3, -0.25) is 0 Å². The number of benzene rings is 3. The summed E-state index contributed by atoms with van der Waals surface area (Å²) in [4.78, 5) is 10.4. The number of halogens is 6. The van der Waals surface area contributed by atoms with Crippen LogP contribution in [-0.2, 0) is 29.2 Å². The van der Waals surface area contributed by atoms with Gasteiger partial charge in [0.15, 0.2) is 4.90 Å². The van der Waals surface area contributed by atoms with Crippen molar-refractivity contribution >= 4 is 33.1 Å². The van der Waals surface area contributed by atoms with Crippen LogP contribution in [0.4, 0.5) is 33.5 Å². The van der Waals surface area contributed by atoms with E-state index in [4.69, 9.17) is 21.1 Å². The number of alkyl halides is 3. The van der Waals surface area contributed by atoms with Crippen LogP contribution >= 0.6 is 11.6 Å². The molecule has 1 aliphatic heterocycles. The molecule has 1 atom stereocenters. The number of ether oxygens (including phenoxy) is 2. The zero-order valence-corrected chi connectivity index (χ0v) is 29.9. The summed E-state index contributed by atoms with van der Waals surface area (Å²) in [6.07, 6.45) is -0.212. The van der Waals surface area contributed by atoms with E-state index in [1.54, 1.807) is 23.1 Å². The Morgan fingerprint density at radius 2 is 1.71 bits per heavy atom. The van der Waals surface area contributed by atoms with Crippen molar-refractivity contribution in [1.29, 1.82) is 0 Å². The van der Waals surface area contributed by atoms with Gasteiger partial charge in [-0.05, 0) is 87.8 Å². The van der Waals surface area contributed by atoms with Crippen LogP contribution in [0.1, 0.15) is 36.0 Å². The normalized spacial score (nSPS) is 16.7. The van der Waals surface area contributed by atoms with Crippen LogP contribution in [-0.4, -0.2) is 70.2 Å². The van der Waals surface area contributed by atoms with Gasteiger partial charge in [0.1, 0.15) is 35.3 Å². The smallest absolute Gasteiger partial charge is 0.416 e. The van der Waals surface area contributed by atoms with Gasteiger partial charge in [0.25, 0.3) is 10.0 Å². The molecule has 0 amide bonds. The molecule has 5 rings (SSSR count). The molecule has 0 aliphatic carbocycles. The van der Waals surface area contributed by atoms with Crippen LogP contribution in [0.5, 0.6) is 11.5 Å². The molecule has 0 unspecified atom stereocenters. The molecular weight excluding hydrogens is 717 g/mol. The number of likely N-dealkylation sites (N-methyl/N-ethyl adjacent to an activating group) is 1. The summed E-state index contributed by atoms with van der Waals surface area (Å²) in [6, 6.07) is 11.2. The number of methoxy groups -OCH3 is 2. The Bertz CT molecular complexity index is 1950. The Labute approximate surface area is 298 Å². The molecule has 0 saturated carbocycles. The molecule has 1 aliphatic rings. The Kier molecular flexibility index (Phi) is 11.3. The Balaban J connectivity index is 1.46. The fourth-order valence-corrected chi connectivity index (χ4v) is 8.09. The molecule has 274 valence electrons. The van der Waals surface area contributed by atoms with Gasteiger partial charge in [-0.15, -0.1) is 0 Å². The number of aromatic nitrogens is 2. The number of nitrogens with zero attached hydrogens (tertiary/aromatic N) is 5. The number of anilines is 2. The highest BCUT2D eigenvalue weighted by molar-refractivity contribution is 7.92. The van der Waals surface area contributed by atoms with Crippen molar-refractivity contribution in [2.75, 3.05) is 50.6 Å². The number of rotatable bonds is 12. The lowest BCUT2D eigenvalue weighted by molar-refractivity contribution is -0.137. The topological polar surface area (TPSA) is 88.1 Å². The van der Waals surface area contributed by atoms with E-state index in [-0.39, 0.29) is 41.8 Å². The molecule has 4 aromatic rings. The van der Waals surface area contributed by atoms with E-state index in [2.05, 4.69) is 9.97 Å². The van der Waals surface area contributed by atoms with Crippen LogP contribution in [0.25, 0.3) is 0 Å². The van der Waals surface area contributed by atoms with E-state index in [1.807, 2.05) is 19.0 Å². The minimum atomic E-state index is -4.91. The molecule has 9 nitrogen and oxygen atoms in total. The van der Waals surface area contributed by atoms with E-state index < -0.39 is 43.8 Å². The van der Waals surface area contributed by atoms with Crippen molar-refractivity contribution in [3.63, 3.8) is 0 Å². The van der Waals surface area contributed by atoms with Crippen molar-refractivity contribution in [1.82, 2.24) is 14.9 Å². The van der Waals surface area contributed by atoms with Crippen molar-refractivity contribution in [2.24, 2.45) is 0 Å². The predicted octanol–water partition coefficient (Wildman–Crippen LogP) is 7.37. The summed E-state index contributed by atoms with van der Waals surface area (Å²) < 4.78 is 112. The minimum absolute atomic E-state index is 0.123. The van der Waals surface area contributed by atoms with Crippen molar-refractivity contribution in [3.05, 3.63) is 100 Å². The maximum atomic E-state index is 16.1. The molecule has 3 aromatic carbocycles. The van der Waals surface area contributed by atoms with Gasteiger partial charge in [0, 0.05) is 53.2 Å². The average molecular weight is 754 g/mol. The number of aryl methyl sites for hydroxylation is 1. The fourth-order valence-electron chi connectivity index (χ4n) is 6.38. The summed E-state index contributed by atoms with van der Waals surface area (Å²) in [5, 5.41) is 0.215. The van der Waals surface area contributed by atoms with Gasteiger partial charge in [-0.1, -0.05) is 11.6 Å². The molecule has 0 bridgehead atoms. The second kappa shape index (κ2) is 15.2. The molecule has 1 saturated heterocycles. The zero-order valence-electron chi connectivity index (χ0n) is 28.3. The molecule has 1 aromatic heterocycles. The van der Waals surface area contributed by atoms with Crippen LogP contribution < -0.4 is 18.7 Å². The molecule has 0 spiro atoms. The summed E-state index contributed by atoms with van der Waals surface area (Å²) in [7, 11) is 1.63. The van der Waals surface area contributed by atoms with E-state index >= 15 is 8.78 Å². The SMILES string of the molecule is COc1ccc(CN(c2ccncn2)S(=O)(=O)c2c(F)cc(N3CCC[C@](CCc4cc(C(F)(F)F)ccc4Cl)(N(C)C)C3)cc2F)c(OC)c1. The molecular formula is C35H37ClF5N5O4S. The van der Waals surface area contributed by atoms with E-state index in [0.717, 1.165) is 34.9 Å². The highest BCUT2D eigenvalue weighted by Crippen LogP contribution is 2.38.